The molecule has 1 amide bonds. The van der Waals surface area contributed by atoms with Gasteiger partial charge in [0.2, 0.25) is 5.13 Å². The lowest BCUT2D eigenvalue weighted by Gasteiger charge is -2.05. The summed E-state index contributed by atoms with van der Waals surface area (Å²) in [6.45, 7) is 4.05. The second kappa shape index (κ2) is 6.95. The van der Waals surface area contributed by atoms with Crippen molar-refractivity contribution in [2.75, 3.05) is 5.32 Å². The normalized spacial score (nSPS) is 10.6. The van der Waals surface area contributed by atoms with E-state index in [2.05, 4.69) is 38.4 Å². The topological polar surface area (TPSA) is 54.9 Å². The van der Waals surface area contributed by atoms with Gasteiger partial charge in [-0.05, 0) is 37.1 Å². The van der Waals surface area contributed by atoms with Crippen LogP contribution in [-0.4, -0.2) is 16.1 Å². The molecule has 106 valence electrons. The number of carbonyl (C=O) groups excluding carboxylic acids is 1. The minimum absolute atomic E-state index is 0.145. The molecule has 0 saturated carbocycles. The highest BCUT2D eigenvalue weighted by Crippen LogP contribution is 2.20. The van der Waals surface area contributed by atoms with Crippen molar-refractivity contribution < 1.29 is 4.79 Å². The molecule has 0 aliphatic carbocycles. The van der Waals surface area contributed by atoms with Gasteiger partial charge in [-0.2, -0.15) is 0 Å². The van der Waals surface area contributed by atoms with Crippen LogP contribution in [0.15, 0.2) is 22.7 Å². The molecule has 0 bridgehead atoms. The highest BCUT2D eigenvalue weighted by atomic mass is 79.9. The highest BCUT2D eigenvalue weighted by Gasteiger charge is 2.12. The van der Waals surface area contributed by atoms with E-state index in [0.29, 0.717) is 10.7 Å². The number of amides is 1. The fourth-order valence-corrected chi connectivity index (χ4v) is 3.03. The summed E-state index contributed by atoms with van der Waals surface area (Å²) in [5.41, 5.74) is 1.58. The molecule has 4 nitrogen and oxygen atoms in total. The molecule has 1 heterocycles. The van der Waals surface area contributed by atoms with E-state index in [1.165, 1.54) is 11.3 Å². The van der Waals surface area contributed by atoms with Gasteiger partial charge in [0, 0.05) is 16.5 Å². The Labute approximate surface area is 130 Å². The molecule has 20 heavy (non-hydrogen) atoms. The van der Waals surface area contributed by atoms with Gasteiger partial charge in [-0.1, -0.05) is 40.6 Å². The minimum Gasteiger partial charge on any atom is -0.296 e. The summed E-state index contributed by atoms with van der Waals surface area (Å²) >= 11 is 4.83. The van der Waals surface area contributed by atoms with Crippen LogP contribution in [0.4, 0.5) is 5.13 Å². The molecule has 6 heteroatoms. The number of rotatable bonds is 5. The lowest BCUT2D eigenvalue weighted by molar-refractivity contribution is 0.102. The summed E-state index contributed by atoms with van der Waals surface area (Å²) in [5.74, 6) is -0.145. The lowest BCUT2D eigenvalue weighted by Crippen LogP contribution is -2.13. The molecule has 0 fully saturated rings. The first-order chi connectivity index (χ1) is 9.60. The zero-order chi connectivity index (χ0) is 14.5. The Hall–Kier alpha value is -1.27. The van der Waals surface area contributed by atoms with Crippen molar-refractivity contribution in [2.24, 2.45) is 0 Å². The number of hydrogen-bond donors (Lipinski definition) is 1. The van der Waals surface area contributed by atoms with Crippen molar-refractivity contribution in [1.29, 1.82) is 0 Å². The van der Waals surface area contributed by atoms with E-state index in [-0.39, 0.29) is 5.91 Å². The summed E-state index contributed by atoms with van der Waals surface area (Å²) in [6.07, 6.45) is 3.13. The van der Waals surface area contributed by atoms with Gasteiger partial charge in [-0.25, -0.2) is 0 Å². The van der Waals surface area contributed by atoms with E-state index in [1.807, 2.05) is 19.1 Å². The van der Waals surface area contributed by atoms with Crippen LogP contribution in [0.2, 0.25) is 0 Å². The van der Waals surface area contributed by atoms with Gasteiger partial charge in [0.1, 0.15) is 5.01 Å². The lowest BCUT2D eigenvalue weighted by atomic mass is 10.1. The van der Waals surface area contributed by atoms with Gasteiger partial charge in [0.25, 0.3) is 5.91 Å². The van der Waals surface area contributed by atoms with E-state index < -0.39 is 0 Å². The molecule has 0 radical (unpaired) electrons. The molecule has 2 rings (SSSR count). The van der Waals surface area contributed by atoms with Gasteiger partial charge >= 0.3 is 0 Å². The van der Waals surface area contributed by atoms with Gasteiger partial charge in [-0.15, -0.1) is 10.2 Å². The fourth-order valence-electron chi connectivity index (χ4n) is 1.78. The standard InChI is InChI=1S/C14H16BrN3OS/c1-3-4-5-12-17-18-14(20-12)16-13(19)11-7-6-10(15)8-9(11)2/h6-8H,3-5H2,1-2H3,(H,16,18,19). The number of halogens is 1. The molecule has 0 aliphatic heterocycles. The smallest absolute Gasteiger partial charge is 0.257 e. The predicted molar refractivity (Wildman–Crippen MR) is 85.4 cm³/mol. The highest BCUT2D eigenvalue weighted by molar-refractivity contribution is 9.10. The zero-order valence-electron chi connectivity index (χ0n) is 11.4. The minimum atomic E-state index is -0.145. The Bertz CT molecular complexity index is 612. The van der Waals surface area contributed by atoms with E-state index in [0.717, 1.165) is 34.3 Å². The number of anilines is 1. The number of aromatic nitrogens is 2. The van der Waals surface area contributed by atoms with Crippen LogP contribution >= 0.6 is 27.3 Å². The molecular weight excluding hydrogens is 338 g/mol. The van der Waals surface area contributed by atoms with Crippen molar-refractivity contribution in [1.82, 2.24) is 10.2 Å². The van der Waals surface area contributed by atoms with Crippen molar-refractivity contribution in [2.45, 2.75) is 33.1 Å². The van der Waals surface area contributed by atoms with Crippen LogP contribution < -0.4 is 5.32 Å². The van der Waals surface area contributed by atoms with Crippen LogP contribution in [0.5, 0.6) is 0 Å². The molecule has 1 N–H and O–H groups in total. The Morgan fingerprint density at radius 3 is 2.90 bits per heavy atom. The number of nitrogens with one attached hydrogen (secondary N) is 1. The van der Waals surface area contributed by atoms with E-state index in [4.69, 9.17) is 0 Å². The molecule has 0 aliphatic rings. The quantitative estimate of drug-likeness (QED) is 0.875. The first-order valence-corrected chi connectivity index (χ1v) is 8.11. The second-order valence-corrected chi connectivity index (χ2v) is 6.50. The van der Waals surface area contributed by atoms with Crippen LogP contribution in [0.25, 0.3) is 0 Å². The average molecular weight is 354 g/mol. The molecule has 0 unspecified atom stereocenters. The second-order valence-electron chi connectivity index (χ2n) is 4.52. The molecule has 0 saturated heterocycles. The van der Waals surface area contributed by atoms with Gasteiger partial charge in [-0.3, -0.25) is 10.1 Å². The van der Waals surface area contributed by atoms with Crippen molar-refractivity contribution in [3.8, 4) is 0 Å². The fraction of sp³-hybridized carbons (Fsp3) is 0.357. The van der Waals surface area contributed by atoms with E-state index in [9.17, 15) is 4.79 Å². The number of unbranched alkanes of at least 4 members (excludes halogenated alkanes) is 1. The number of aryl methyl sites for hydroxylation is 2. The van der Waals surface area contributed by atoms with Crippen molar-refractivity contribution in [3.63, 3.8) is 0 Å². The first-order valence-electron chi connectivity index (χ1n) is 6.50. The van der Waals surface area contributed by atoms with Crippen LogP contribution in [0.1, 0.15) is 40.7 Å². The Balaban J connectivity index is 2.05. The summed E-state index contributed by atoms with van der Waals surface area (Å²) in [7, 11) is 0. The third-order valence-corrected chi connectivity index (χ3v) is 4.26. The maximum atomic E-state index is 12.2. The van der Waals surface area contributed by atoms with E-state index >= 15 is 0 Å². The van der Waals surface area contributed by atoms with Gasteiger partial charge in [0.15, 0.2) is 0 Å². The summed E-state index contributed by atoms with van der Waals surface area (Å²) in [5, 5.41) is 12.4. The van der Waals surface area contributed by atoms with Crippen LogP contribution in [0, 0.1) is 6.92 Å². The first kappa shape index (κ1) is 15.1. The van der Waals surface area contributed by atoms with Crippen molar-refractivity contribution in [3.05, 3.63) is 38.8 Å². The van der Waals surface area contributed by atoms with Crippen molar-refractivity contribution >= 4 is 38.3 Å². The molecule has 1 aromatic heterocycles. The third-order valence-electron chi connectivity index (χ3n) is 2.86. The van der Waals surface area contributed by atoms with Crippen LogP contribution in [-0.2, 0) is 6.42 Å². The average Bonchev–Trinajstić information content (AvgIpc) is 2.83. The van der Waals surface area contributed by atoms with E-state index in [1.54, 1.807) is 6.07 Å². The Kier molecular flexibility index (Phi) is 5.25. The maximum Gasteiger partial charge on any atom is 0.257 e. The molecule has 2 aromatic rings. The number of nitrogens with zero attached hydrogens (tertiary/aromatic N) is 2. The summed E-state index contributed by atoms with van der Waals surface area (Å²) in [4.78, 5) is 12.2. The summed E-state index contributed by atoms with van der Waals surface area (Å²) < 4.78 is 0.962. The predicted octanol–water partition coefficient (Wildman–Crippen LogP) is 4.20. The Morgan fingerprint density at radius 2 is 2.20 bits per heavy atom. The number of benzene rings is 1. The summed E-state index contributed by atoms with van der Waals surface area (Å²) in [6, 6.07) is 5.57. The largest absolute Gasteiger partial charge is 0.296 e. The number of carbonyl (C=O) groups is 1. The number of hydrogen-bond acceptors (Lipinski definition) is 4. The molecule has 0 spiro atoms. The third kappa shape index (κ3) is 3.86. The molecular formula is C14H16BrN3OS. The van der Waals surface area contributed by atoms with Gasteiger partial charge in [0.05, 0.1) is 0 Å². The maximum absolute atomic E-state index is 12.2. The molecule has 1 aromatic carbocycles. The monoisotopic (exact) mass is 353 g/mol. The zero-order valence-corrected chi connectivity index (χ0v) is 13.8. The van der Waals surface area contributed by atoms with Gasteiger partial charge < -0.3 is 0 Å². The Morgan fingerprint density at radius 1 is 1.40 bits per heavy atom. The SMILES string of the molecule is CCCCc1nnc(NC(=O)c2ccc(Br)cc2C)s1. The van der Waals surface area contributed by atoms with Crippen LogP contribution in [0.3, 0.4) is 0 Å². The molecule has 0 atom stereocenters.